The molecule has 1 atom stereocenters. The summed E-state index contributed by atoms with van der Waals surface area (Å²) in [5, 5.41) is 4.83. The van der Waals surface area contributed by atoms with E-state index in [0.29, 0.717) is 23.8 Å². The molecule has 5 rings (SSSR count). The number of benzene rings is 1. The largest absolute Gasteiger partial charge is 0.353 e. The highest BCUT2D eigenvalue weighted by Gasteiger charge is 2.34. The third kappa shape index (κ3) is 5.68. The standard InChI is InChI=1S/C24H29I2N7O3S/c1-15-7-8-19(29-37(3,35)36)18(10-15)24(34)31-9-5-4-6-21(31)20-11-22-27-23(16(2)12-32(22)28-20)30-13-17(14-30)33(25)26/h7-8,10-12,17,21,29H,4-6,9,13-14H2,1-3H3/t21-/m0/s1. The Kier molecular flexibility index (Phi) is 7.59. The van der Waals surface area contributed by atoms with Crippen LogP contribution in [0.1, 0.15) is 52.5 Å². The topological polar surface area (TPSA) is 103 Å². The van der Waals surface area contributed by atoms with Crippen LogP contribution in [-0.4, -0.2) is 67.1 Å². The van der Waals surface area contributed by atoms with Crippen LogP contribution >= 0.6 is 45.7 Å². The molecule has 1 N–H and O–H groups in total. The minimum Gasteiger partial charge on any atom is -0.353 e. The second-order valence-electron chi connectivity index (χ2n) is 9.87. The zero-order valence-electron chi connectivity index (χ0n) is 20.9. The number of likely N-dealkylation sites (tertiary alicyclic amines) is 1. The van der Waals surface area contributed by atoms with Gasteiger partial charge in [-0.1, -0.05) is 11.6 Å². The van der Waals surface area contributed by atoms with Crippen molar-refractivity contribution in [2.24, 2.45) is 0 Å². The number of hydrogen-bond acceptors (Lipinski definition) is 7. The van der Waals surface area contributed by atoms with E-state index in [2.05, 4.69) is 56.7 Å². The summed E-state index contributed by atoms with van der Waals surface area (Å²) < 4.78 is 30.4. The summed E-state index contributed by atoms with van der Waals surface area (Å²) in [7, 11) is -3.53. The summed E-state index contributed by atoms with van der Waals surface area (Å²) in [5.74, 6) is 0.771. The fourth-order valence-electron chi connectivity index (χ4n) is 5.01. The van der Waals surface area contributed by atoms with Gasteiger partial charge in [0.2, 0.25) is 10.0 Å². The number of carbonyl (C=O) groups excluding carboxylic acids is 1. The van der Waals surface area contributed by atoms with Gasteiger partial charge in [0.25, 0.3) is 5.91 Å². The average Bonchev–Trinajstić information content (AvgIpc) is 3.20. The van der Waals surface area contributed by atoms with Gasteiger partial charge in [-0.3, -0.25) is 9.52 Å². The van der Waals surface area contributed by atoms with Gasteiger partial charge in [-0.25, -0.2) is 17.9 Å². The van der Waals surface area contributed by atoms with E-state index in [1.54, 1.807) is 22.7 Å². The molecule has 0 saturated carbocycles. The van der Waals surface area contributed by atoms with Crippen LogP contribution in [0, 0.1) is 13.8 Å². The smallest absolute Gasteiger partial charge is 0.256 e. The molecule has 0 spiro atoms. The van der Waals surface area contributed by atoms with Crippen molar-refractivity contribution in [3.63, 3.8) is 0 Å². The summed E-state index contributed by atoms with van der Waals surface area (Å²) in [4.78, 5) is 22.8. The van der Waals surface area contributed by atoms with E-state index < -0.39 is 10.0 Å². The first-order valence-electron chi connectivity index (χ1n) is 12.1. The van der Waals surface area contributed by atoms with Gasteiger partial charge in [0.15, 0.2) is 5.65 Å². The molecule has 2 fully saturated rings. The molecule has 0 radical (unpaired) electrons. The molecule has 2 aliphatic rings. The first-order chi connectivity index (χ1) is 17.5. The highest BCUT2D eigenvalue weighted by atomic mass is 127. The molecular formula is C24H29I2N7O3S. The summed E-state index contributed by atoms with van der Waals surface area (Å²) in [6, 6.07) is 7.46. The number of nitrogens with zero attached hydrogens (tertiary/aromatic N) is 6. The van der Waals surface area contributed by atoms with Crippen LogP contribution in [0.2, 0.25) is 0 Å². The van der Waals surface area contributed by atoms with Gasteiger partial charge in [0.05, 0.1) is 35.3 Å². The fourth-order valence-corrected chi connectivity index (χ4v) is 6.30. The second-order valence-corrected chi connectivity index (χ2v) is 15.5. The summed E-state index contributed by atoms with van der Waals surface area (Å²) >= 11 is 4.63. The zero-order valence-corrected chi connectivity index (χ0v) is 26.0. The van der Waals surface area contributed by atoms with Crippen molar-refractivity contribution in [2.45, 2.75) is 45.2 Å². The third-order valence-electron chi connectivity index (χ3n) is 6.87. The number of hydrogen-bond donors (Lipinski definition) is 1. The third-order valence-corrected chi connectivity index (χ3v) is 9.03. The van der Waals surface area contributed by atoms with Crippen molar-refractivity contribution < 1.29 is 13.2 Å². The van der Waals surface area contributed by atoms with Crippen LogP contribution in [0.3, 0.4) is 0 Å². The van der Waals surface area contributed by atoms with Crippen LogP contribution in [0.5, 0.6) is 0 Å². The maximum atomic E-state index is 13.8. The Balaban J connectivity index is 1.45. The number of carbonyl (C=O) groups is 1. The van der Waals surface area contributed by atoms with Gasteiger partial charge in [-0.15, -0.1) is 0 Å². The molecule has 1 amide bonds. The van der Waals surface area contributed by atoms with Crippen LogP contribution in [-0.2, 0) is 10.0 Å². The molecule has 2 aromatic heterocycles. The Morgan fingerprint density at radius 1 is 1.16 bits per heavy atom. The molecule has 13 heteroatoms. The summed E-state index contributed by atoms with van der Waals surface area (Å²) in [5.41, 5.74) is 4.15. The minimum atomic E-state index is -3.53. The zero-order chi connectivity index (χ0) is 26.5. The van der Waals surface area contributed by atoms with Crippen LogP contribution < -0.4 is 9.62 Å². The Morgan fingerprint density at radius 2 is 1.92 bits per heavy atom. The number of piperidine rings is 1. The Labute approximate surface area is 244 Å². The lowest BCUT2D eigenvalue weighted by Gasteiger charge is -2.42. The fraction of sp³-hybridized carbons (Fsp3) is 0.458. The van der Waals surface area contributed by atoms with Crippen molar-refractivity contribution in [1.29, 1.82) is 0 Å². The molecule has 10 nitrogen and oxygen atoms in total. The second kappa shape index (κ2) is 10.4. The molecule has 0 bridgehead atoms. The van der Waals surface area contributed by atoms with Crippen molar-refractivity contribution in [1.82, 2.24) is 20.8 Å². The van der Waals surface area contributed by atoms with E-state index in [4.69, 9.17) is 10.1 Å². The summed E-state index contributed by atoms with van der Waals surface area (Å²) in [6.07, 6.45) is 5.75. The maximum Gasteiger partial charge on any atom is 0.256 e. The number of amides is 1. The Bertz CT molecular complexity index is 1450. The van der Waals surface area contributed by atoms with E-state index in [0.717, 1.165) is 66.9 Å². The quantitative estimate of drug-likeness (QED) is 0.297. The molecule has 3 aromatic rings. The number of sulfonamides is 1. The van der Waals surface area contributed by atoms with Gasteiger partial charge < -0.3 is 9.80 Å². The number of aryl methyl sites for hydroxylation is 2. The Morgan fingerprint density at radius 3 is 2.62 bits per heavy atom. The van der Waals surface area contributed by atoms with E-state index in [9.17, 15) is 13.2 Å². The predicted molar refractivity (Wildman–Crippen MR) is 161 cm³/mol. The predicted octanol–water partition coefficient (Wildman–Crippen LogP) is 4.28. The molecule has 37 heavy (non-hydrogen) atoms. The SMILES string of the molecule is Cc1ccc(NS(C)(=O)=O)c(C(=O)N2CCCC[C@H]2c2cc3nc(N4CC(N(I)I)C4)c(C)cn3n2)c1. The number of rotatable bonds is 6. The van der Waals surface area contributed by atoms with E-state index in [1.165, 1.54) is 0 Å². The molecule has 1 aromatic carbocycles. The molecule has 0 aliphatic carbocycles. The van der Waals surface area contributed by atoms with Gasteiger partial charge in [-0.05, 0) is 45.2 Å². The molecule has 198 valence electrons. The van der Waals surface area contributed by atoms with Crippen molar-refractivity contribution in [3.8, 4) is 0 Å². The van der Waals surface area contributed by atoms with E-state index in [1.807, 2.05) is 31.0 Å². The first kappa shape index (κ1) is 26.9. The number of halogens is 2. The van der Waals surface area contributed by atoms with Gasteiger partial charge in [-0.2, -0.15) is 6.43 Å². The molecular weight excluding hydrogens is 720 g/mol. The highest BCUT2D eigenvalue weighted by Crippen LogP contribution is 2.34. The lowest BCUT2D eigenvalue weighted by atomic mass is 9.97. The summed E-state index contributed by atoms with van der Waals surface area (Å²) in [6.45, 7) is 6.39. The lowest BCUT2D eigenvalue weighted by Crippen LogP contribution is -2.55. The van der Waals surface area contributed by atoms with Crippen LogP contribution in [0.25, 0.3) is 5.65 Å². The highest BCUT2D eigenvalue weighted by molar-refractivity contribution is 14.2. The number of aromatic nitrogens is 3. The maximum absolute atomic E-state index is 13.8. The number of fused-ring (bicyclic) bond motifs is 1. The monoisotopic (exact) mass is 749 g/mol. The molecule has 0 unspecified atom stereocenters. The van der Waals surface area contributed by atoms with E-state index in [-0.39, 0.29) is 11.9 Å². The van der Waals surface area contributed by atoms with Crippen molar-refractivity contribution in [3.05, 3.63) is 52.8 Å². The van der Waals surface area contributed by atoms with E-state index >= 15 is 0 Å². The normalized spacial score (nSPS) is 18.9. The molecule has 4 heterocycles. The van der Waals surface area contributed by atoms with Crippen LogP contribution in [0.4, 0.5) is 11.5 Å². The molecule has 2 saturated heterocycles. The van der Waals surface area contributed by atoms with Gasteiger partial charge in [0.1, 0.15) is 5.82 Å². The average molecular weight is 749 g/mol. The first-order valence-corrected chi connectivity index (χ1v) is 15.9. The Hall–Kier alpha value is -1.72. The van der Waals surface area contributed by atoms with Gasteiger partial charge >= 0.3 is 0 Å². The molecule has 2 aliphatic heterocycles. The lowest BCUT2D eigenvalue weighted by molar-refractivity contribution is 0.0606. The van der Waals surface area contributed by atoms with Crippen molar-refractivity contribution >= 4 is 78.8 Å². The van der Waals surface area contributed by atoms with Crippen LogP contribution in [0.15, 0.2) is 30.5 Å². The van der Waals surface area contributed by atoms with Gasteiger partial charge in [0, 0.05) is 83.2 Å². The number of anilines is 2. The minimum absolute atomic E-state index is 0.199. The van der Waals surface area contributed by atoms with Crippen molar-refractivity contribution in [2.75, 3.05) is 35.5 Å². The number of nitrogens with one attached hydrogen (secondary N) is 1.